The van der Waals surface area contributed by atoms with Gasteiger partial charge in [-0.2, -0.15) is 13.2 Å². The Morgan fingerprint density at radius 3 is 2.40 bits per heavy atom. The van der Waals surface area contributed by atoms with Crippen LogP contribution in [0.25, 0.3) is 0 Å². The minimum atomic E-state index is -4.40. The van der Waals surface area contributed by atoms with Gasteiger partial charge in [-0.05, 0) is 18.2 Å². The molecule has 0 radical (unpaired) electrons. The summed E-state index contributed by atoms with van der Waals surface area (Å²) in [6.45, 7) is 0. The number of methoxy groups -OCH3 is 1. The number of para-hydroxylation sites is 1. The van der Waals surface area contributed by atoms with Gasteiger partial charge >= 0.3 is 6.18 Å². The molecule has 0 saturated heterocycles. The molecule has 0 aliphatic rings. The molecular weight excluding hydrogens is 269 g/mol. The van der Waals surface area contributed by atoms with Crippen LogP contribution in [0.5, 0.6) is 5.75 Å². The van der Waals surface area contributed by atoms with Crippen LogP contribution in [-0.4, -0.2) is 12.1 Å². The highest BCUT2D eigenvalue weighted by Crippen LogP contribution is 2.31. The Morgan fingerprint density at radius 1 is 1.15 bits per heavy atom. The highest BCUT2D eigenvalue weighted by molar-refractivity contribution is 5.39. The third-order valence-corrected chi connectivity index (χ3v) is 2.91. The Bertz CT molecular complexity index is 582. The Balaban J connectivity index is 2.32. The first-order chi connectivity index (χ1) is 9.43. The van der Waals surface area contributed by atoms with Gasteiger partial charge in [0, 0.05) is 11.8 Å². The lowest BCUT2D eigenvalue weighted by Crippen LogP contribution is -2.15. The Hall–Kier alpha value is -2.08. The van der Waals surface area contributed by atoms with Crippen molar-refractivity contribution in [2.45, 2.75) is 12.2 Å². The molecular formula is C14H13F3N2O. The van der Waals surface area contributed by atoms with E-state index in [9.17, 15) is 13.2 Å². The van der Waals surface area contributed by atoms with E-state index >= 15 is 0 Å². The first kappa shape index (κ1) is 14.3. The number of aromatic nitrogens is 1. The summed E-state index contributed by atoms with van der Waals surface area (Å²) in [6, 6.07) is 8.66. The standard InChI is InChI=1S/C14H13F3N2O/c1-20-12-5-3-2-4-10(12)13(18)11-7-6-9(8-19-11)14(15,16)17/h2-8,13H,18H2,1H3. The summed E-state index contributed by atoms with van der Waals surface area (Å²) in [5.74, 6) is 0.571. The third-order valence-electron chi connectivity index (χ3n) is 2.91. The lowest BCUT2D eigenvalue weighted by atomic mass is 10.0. The number of hydrogen-bond donors (Lipinski definition) is 1. The highest BCUT2D eigenvalue weighted by Gasteiger charge is 2.31. The zero-order valence-electron chi connectivity index (χ0n) is 10.7. The molecule has 20 heavy (non-hydrogen) atoms. The second-order valence-electron chi connectivity index (χ2n) is 4.19. The number of alkyl halides is 3. The van der Waals surface area contributed by atoms with E-state index in [1.54, 1.807) is 24.3 Å². The van der Waals surface area contributed by atoms with Crippen LogP contribution in [-0.2, 0) is 6.18 Å². The summed E-state index contributed by atoms with van der Waals surface area (Å²) in [7, 11) is 1.51. The predicted molar refractivity (Wildman–Crippen MR) is 68.3 cm³/mol. The molecule has 2 aromatic rings. The van der Waals surface area contributed by atoms with E-state index in [2.05, 4.69) is 4.98 Å². The smallest absolute Gasteiger partial charge is 0.417 e. The summed E-state index contributed by atoms with van der Waals surface area (Å²) >= 11 is 0. The maximum absolute atomic E-state index is 12.5. The predicted octanol–water partition coefficient (Wildman–Crippen LogP) is 3.16. The number of halogens is 3. The molecule has 1 atom stereocenters. The van der Waals surface area contributed by atoms with Gasteiger partial charge in [-0.1, -0.05) is 18.2 Å². The van der Waals surface area contributed by atoms with E-state index in [-0.39, 0.29) is 0 Å². The van der Waals surface area contributed by atoms with Gasteiger partial charge in [0.05, 0.1) is 24.4 Å². The first-order valence-electron chi connectivity index (χ1n) is 5.85. The average molecular weight is 282 g/mol. The molecule has 2 N–H and O–H groups in total. The number of nitrogens with two attached hydrogens (primary N) is 1. The van der Waals surface area contributed by atoms with E-state index in [1.165, 1.54) is 13.2 Å². The Morgan fingerprint density at radius 2 is 1.85 bits per heavy atom. The molecule has 1 unspecified atom stereocenters. The summed E-state index contributed by atoms with van der Waals surface area (Å²) in [6.07, 6.45) is -3.62. The summed E-state index contributed by atoms with van der Waals surface area (Å²) in [5, 5.41) is 0. The van der Waals surface area contributed by atoms with Gasteiger partial charge in [0.1, 0.15) is 5.75 Å². The fourth-order valence-electron chi connectivity index (χ4n) is 1.84. The number of hydrogen-bond acceptors (Lipinski definition) is 3. The van der Waals surface area contributed by atoms with E-state index in [0.717, 1.165) is 12.3 Å². The molecule has 0 aliphatic carbocycles. The van der Waals surface area contributed by atoms with Crippen molar-refractivity contribution in [1.29, 1.82) is 0 Å². The molecule has 6 heteroatoms. The van der Waals surface area contributed by atoms with Gasteiger partial charge in [-0.25, -0.2) is 0 Å². The van der Waals surface area contributed by atoms with Gasteiger partial charge in [0.2, 0.25) is 0 Å². The largest absolute Gasteiger partial charge is 0.496 e. The number of rotatable bonds is 3. The van der Waals surface area contributed by atoms with Gasteiger partial charge in [0.25, 0.3) is 0 Å². The average Bonchev–Trinajstić information content (AvgIpc) is 2.45. The molecule has 1 aromatic heterocycles. The molecule has 0 amide bonds. The third kappa shape index (κ3) is 2.91. The number of benzene rings is 1. The van der Waals surface area contributed by atoms with Crippen LogP contribution in [0.2, 0.25) is 0 Å². The van der Waals surface area contributed by atoms with Crippen molar-refractivity contribution < 1.29 is 17.9 Å². The van der Waals surface area contributed by atoms with Crippen LogP contribution < -0.4 is 10.5 Å². The molecule has 0 saturated carbocycles. The summed E-state index contributed by atoms with van der Waals surface area (Å²) in [5.41, 5.74) is 6.25. The normalized spacial score (nSPS) is 13.1. The second kappa shape index (κ2) is 5.50. The van der Waals surface area contributed by atoms with E-state index in [0.29, 0.717) is 17.0 Å². The van der Waals surface area contributed by atoms with Crippen molar-refractivity contribution in [2.75, 3.05) is 7.11 Å². The van der Waals surface area contributed by atoms with Gasteiger partial charge in [0.15, 0.2) is 0 Å². The first-order valence-corrected chi connectivity index (χ1v) is 5.85. The van der Waals surface area contributed by atoms with Gasteiger partial charge in [-0.15, -0.1) is 0 Å². The monoisotopic (exact) mass is 282 g/mol. The van der Waals surface area contributed by atoms with Crippen LogP contribution >= 0.6 is 0 Å². The molecule has 2 rings (SSSR count). The van der Waals surface area contributed by atoms with Crippen LogP contribution in [0, 0.1) is 0 Å². The maximum atomic E-state index is 12.5. The SMILES string of the molecule is COc1ccccc1C(N)c1ccc(C(F)(F)F)cn1. The topological polar surface area (TPSA) is 48.1 Å². The summed E-state index contributed by atoms with van der Waals surface area (Å²) < 4.78 is 42.6. The van der Waals surface area contributed by atoms with Crippen molar-refractivity contribution in [1.82, 2.24) is 4.98 Å². The number of ether oxygens (including phenoxy) is 1. The van der Waals surface area contributed by atoms with Gasteiger partial charge in [-0.3, -0.25) is 4.98 Å². The Kier molecular flexibility index (Phi) is 3.94. The Labute approximate surface area is 114 Å². The zero-order valence-corrected chi connectivity index (χ0v) is 10.7. The van der Waals surface area contributed by atoms with Crippen LogP contribution in [0.1, 0.15) is 22.9 Å². The fourth-order valence-corrected chi connectivity index (χ4v) is 1.84. The van der Waals surface area contributed by atoms with Gasteiger partial charge < -0.3 is 10.5 Å². The molecule has 0 bridgehead atoms. The maximum Gasteiger partial charge on any atom is 0.417 e. The minimum Gasteiger partial charge on any atom is -0.496 e. The molecule has 0 aliphatic heterocycles. The molecule has 3 nitrogen and oxygen atoms in total. The quantitative estimate of drug-likeness (QED) is 0.940. The lowest BCUT2D eigenvalue weighted by Gasteiger charge is -2.15. The molecule has 1 aromatic carbocycles. The molecule has 1 heterocycles. The lowest BCUT2D eigenvalue weighted by molar-refractivity contribution is -0.137. The molecule has 106 valence electrons. The van der Waals surface area contributed by atoms with Crippen LogP contribution in [0.15, 0.2) is 42.6 Å². The van der Waals surface area contributed by atoms with Crippen molar-refractivity contribution in [2.24, 2.45) is 5.73 Å². The fraction of sp³-hybridized carbons (Fsp3) is 0.214. The highest BCUT2D eigenvalue weighted by atomic mass is 19.4. The number of nitrogens with zero attached hydrogens (tertiary/aromatic N) is 1. The minimum absolute atomic E-state index is 0.350. The van der Waals surface area contributed by atoms with Crippen LogP contribution in [0.3, 0.4) is 0 Å². The van der Waals surface area contributed by atoms with E-state index in [1.807, 2.05) is 0 Å². The molecule has 0 fully saturated rings. The van der Waals surface area contributed by atoms with E-state index in [4.69, 9.17) is 10.5 Å². The summed E-state index contributed by atoms with van der Waals surface area (Å²) in [4.78, 5) is 3.80. The van der Waals surface area contributed by atoms with E-state index < -0.39 is 17.8 Å². The zero-order chi connectivity index (χ0) is 14.8. The van der Waals surface area contributed by atoms with Crippen molar-refractivity contribution in [3.05, 3.63) is 59.4 Å². The second-order valence-corrected chi connectivity index (χ2v) is 4.19. The van der Waals surface area contributed by atoms with Crippen molar-refractivity contribution in [3.8, 4) is 5.75 Å². The van der Waals surface area contributed by atoms with Crippen molar-refractivity contribution in [3.63, 3.8) is 0 Å². The molecule has 0 spiro atoms. The van der Waals surface area contributed by atoms with Crippen LogP contribution in [0.4, 0.5) is 13.2 Å². The van der Waals surface area contributed by atoms with Crippen molar-refractivity contribution >= 4 is 0 Å². The number of pyridine rings is 1.